The predicted octanol–water partition coefficient (Wildman–Crippen LogP) is 1.90. The first-order valence-electron chi connectivity index (χ1n) is 4.03. The minimum Gasteiger partial charge on any atom is -0.381 e. The minimum atomic E-state index is 0.539. The molecule has 0 saturated heterocycles. The van der Waals surface area contributed by atoms with Crippen LogP contribution in [0.15, 0.2) is 17.4 Å². The first-order valence-corrected chi connectivity index (χ1v) is 6.40. The number of nitrogens with zero attached hydrogens (tertiary/aromatic N) is 2. The van der Waals surface area contributed by atoms with Gasteiger partial charge in [-0.05, 0) is 18.4 Å². The summed E-state index contributed by atoms with van der Waals surface area (Å²) in [5.41, 5.74) is 5.64. The highest BCUT2D eigenvalue weighted by atomic mass is 32.2. The fourth-order valence-corrected chi connectivity index (χ4v) is 2.25. The summed E-state index contributed by atoms with van der Waals surface area (Å²) in [6.45, 7) is 0. The first kappa shape index (κ1) is 10.7. The van der Waals surface area contributed by atoms with Crippen LogP contribution in [-0.4, -0.2) is 27.7 Å². The third-order valence-corrected chi connectivity index (χ3v) is 3.20. The molecule has 0 unspecified atom stereocenters. The van der Waals surface area contributed by atoms with Crippen LogP contribution in [-0.2, 0) is 0 Å². The quantitative estimate of drug-likeness (QED) is 0.600. The Morgan fingerprint density at radius 2 is 2.08 bits per heavy atom. The van der Waals surface area contributed by atoms with Gasteiger partial charge < -0.3 is 5.73 Å². The Morgan fingerprint density at radius 3 is 2.77 bits per heavy atom. The average Bonchev–Trinajstić information content (AvgIpc) is 2.15. The zero-order chi connectivity index (χ0) is 9.52. The summed E-state index contributed by atoms with van der Waals surface area (Å²) < 4.78 is 0. The number of anilines is 1. The summed E-state index contributed by atoms with van der Waals surface area (Å²) in [5.74, 6) is 2.79. The lowest BCUT2D eigenvalue weighted by molar-refractivity contribution is 1.06. The van der Waals surface area contributed by atoms with Crippen molar-refractivity contribution in [1.29, 1.82) is 0 Å². The standard InChI is InChI=1S/C8H13N3S2/c1-12-5-2-6-13-8-7(9)10-3-4-11-8/h3-4H,2,5-6H2,1H3,(H2,9,10). The highest BCUT2D eigenvalue weighted by Crippen LogP contribution is 2.20. The number of aromatic nitrogens is 2. The van der Waals surface area contributed by atoms with Gasteiger partial charge in [0.15, 0.2) is 5.82 Å². The molecule has 0 aliphatic rings. The second kappa shape index (κ2) is 6.10. The number of thioether (sulfide) groups is 2. The topological polar surface area (TPSA) is 51.8 Å². The van der Waals surface area contributed by atoms with Crippen molar-refractivity contribution in [2.45, 2.75) is 11.4 Å². The lowest BCUT2D eigenvalue weighted by Crippen LogP contribution is -1.95. The molecule has 0 amide bonds. The second-order valence-electron chi connectivity index (χ2n) is 2.44. The van der Waals surface area contributed by atoms with Crippen molar-refractivity contribution in [3.63, 3.8) is 0 Å². The monoisotopic (exact) mass is 215 g/mol. The van der Waals surface area contributed by atoms with E-state index in [0.29, 0.717) is 5.82 Å². The maximum Gasteiger partial charge on any atom is 0.156 e. The maximum absolute atomic E-state index is 5.64. The van der Waals surface area contributed by atoms with Crippen molar-refractivity contribution in [2.75, 3.05) is 23.5 Å². The molecule has 0 spiro atoms. The van der Waals surface area contributed by atoms with Crippen LogP contribution in [0.25, 0.3) is 0 Å². The van der Waals surface area contributed by atoms with E-state index in [1.54, 1.807) is 24.2 Å². The molecule has 13 heavy (non-hydrogen) atoms. The zero-order valence-corrected chi connectivity index (χ0v) is 9.20. The van der Waals surface area contributed by atoms with Gasteiger partial charge in [-0.2, -0.15) is 11.8 Å². The van der Waals surface area contributed by atoms with E-state index in [4.69, 9.17) is 5.73 Å². The molecule has 3 nitrogen and oxygen atoms in total. The third kappa shape index (κ3) is 3.87. The Balaban J connectivity index is 2.32. The molecule has 5 heteroatoms. The van der Waals surface area contributed by atoms with E-state index < -0.39 is 0 Å². The van der Waals surface area contributed by atoms with Crippen LogP contribution in [0.1, 0.15) is 6.42 Å². The molecule has 0 radical (unpaired) electrons. The van der Waals surface area contributed by atoms with Crippen LogP contribution in [0.4, 0.5) is 5.82 Å². The van der Waals surface area contributed by atoms with Crippen molar-refractivity contribution in [3.8, 4) is 0 Å². The molecule has 1 aromatic heterocycles. The van der Waals surface area contributed by atoms with E-state index in [2.05, 4.69) is 16.2 Å². The molecular weight excluding hydrogens is 202 g/mol. The molecule has 0 atom stereocenters. The average molecular weight is 215 g/mol. The summed E-state index contributed by atoms with van der Waals surface area (Å²) in [7, 11) is 0. The van der Waals surface area contributed by atoms with Gasteiger partial charge in [-0.3, -0.25) is 0 Å². The van der Waals surface area contributed by atoms with Crippen molar-refractivity contribution < 1.29 is 0 Å². The molecule has 0 saturated carbocycles. The van der Waals surface area contributed by atoms with Crippen LogP contribution in [0.5, 0.6) is 0 Å². The van der Waals surface area contributed by atoms with Gasteiger partial charge in [0.2, 0.25) is 0 Å². The van der Waals surface area contributed by atoms with Crippen molar-refractivity contribution >= 4 is 29.3 Å². The fourth-order valence-electron chi connectivity index (χ4n) is 0.819. The van der Waals surface area contributed by atoms with E-state index >= 15 is 0 Å². The number of hydrogen-bond acceptors (Lipinski definition) is 5. The van der Waals surface area contributed by atoms with Gasteiger partial charge in [-0.15, -0.1) is 11.8 Å². The first-order chi connectivity index (χ1) is 6.34. The Bertz CT molecular complexity index is 255. The van der Waals surface area contributed by atoms with Crippen LogP contribution in [0, 0.1) is 0 Å². The zero-order valence-electron chi connectivity index (χ0n) is 7.56. The Hall–Kier alpha value is -0.420. The summed E-state index contributed by atoms with van der Waals surface area (Å²) in [6, 6.07) is 0. The SMILES string of the molecule is CSCCCSc1nccnc1N. The van der Waals surface area contributed by atoms with Gasteiger partial charge in [0.05, 0.1) is 0 Å². The Morgan fingerprint density at radius 1 is 1.31 bits per heavy atom. The summed E-state index contributed by atoms with van der Waals surface area (Å²) in [6.07, 6.45) is 6.58. The summed E-state index contributed by atoms with van der Waals surface area (Å²) in [4.78, 5) is 8.11. The molecule has 72 valence electrons. The molecule has 2 N–H and O–H groups in total. The van der Waals surface area contributed by atoms with E-state index in [1.807, 2.05) is 11.8 Å². The highest BCUT2D eigenvalue weighted by Gasteiger charge is 2.00. The number of nitrogen functional groups attached to an aromatic ring is 1. The smallest absolute Gasteiger partial charge is 0.156 e. The van der Waals surface area contributed by atoms with Gasteiger partial charge in [-0.1, -0.05) is 0 Å². The molecule has 1 rings (SSSR count). The molecule has 1 heterocycles. The van der Waals surface area contributed by atoms with Gasteiger partial charge in [0.1, 0.15) is 5.03 Å². The molecular formula is C8H13N3S2. The van der Waals surface area contributed by atoms with Gasteiger partial charge in [0.25, 0.3) is 0 Å². The predicted molar refractivity (Wildman–Crippen MR) is 60.2 cm³/mol. The molecule has 0 aliphatic carbocycles. The summed E-state index contributed by atoms with van der Waals surface area (Å²) >= 11 is 3.54. The lowest BCUT2D eigenvalue weighted by atomic mass is 10.6. The van der Waals surface area contributed by atoms with Crippen molar-refractivity contribution in [3.05, 3.63) is 12.4 Å². The Labute approximate surface area is 86.9 Å². The Kier molecular flexibility index (Phi) is 5.00. The molecule has 1 aromatic rings. The second-order valence-corrected chi connectivity index (χ2v) is 4.51. The van der Waals surface area contributed by atoms with E-state index in [1.165, 1.54) is 12.2 Å². The maximum atomic E-state index is 5.64. The summed E-state index contributed by atoms with van der Waals surface area (Å²) in [5, 5.41) is 0.851. The number of hydrogen-bond donors (Lipinski definition) is 1. The van der Waals surface area contributed by atoms with Gasteiger partial charge >= 0.3 is 0 Å². The van der Waals surface area contributed by atoms with Crippen LogP contribution >= 0.6 is 23.5 Å². The highest BCUT2D eigenvalue weighted by molar-refractivity contribution is 7.99. The fraction of sp³-hybridized carbons (Fsp3) is 0.500. The van der Waals surface area contributed by atoms with Crippen molar-refractivity contribution in [1.82, 2.24) is 9.97 Å². The van der Waals surface area contributed by atoms with E-state index in [-0.39, 0.29) is 0 Å². The van der Waals surface area contributed by atoms with Crippen molar-refractivity contribution in [2.24, 2.45) is 0 Å². The number of nitrogens with two attached hydrogens (primary N) is 1. The largest absolute Gasteiger partial charge is 0.381 e. The third-order valence-electron chi connectivity index (χ3n) is 1.42. The van der Waals surface area contributed by atoms with Gasteiger partial charge in [0, 0.05) is 18.1 Å². The van der Waals surface area contributed by atoms with Crippen LogP contribution < -0.4 is 5.73 Å². The molecule has 0 fully saturated rings. The lowest BCUT2D eigenvalue weighted by Gasteiger charge is -2.01. The molecule has 0 bridgehead atoms. The normalized spacial score (nSPS) is 10.2. The van der Waals surface area contributed by atoms with Crippen LogP contribution in [0.2, 0.25) is 0 Å². The molecule has 0 aromatic carbocycles. The van der Waals surface area contributed by atoms with E-state index in [9.17, 15) is 0 Å². The van der Waals surface area contributed by atoms with Crippen LogP contribution in [0.3, 0.4) is 0 Å². The number of rotatable bonds is 5. The van der Waals surface area contributed by atoms with Gasteiger partial charge in [-0.25, -0.2) is 9.97 Å². The minimum absolute atomic E-state index is 0.539. The van der Waals surface area contributed by atoms with E-state index in [0.717, 1.165) is 10.8 Å². The molecule has 0 aliphatic heterocycles.